The van der Waals surface area contributed by atoms with Gasteiger partial charge in [0.25, 0.3) is 0 Å². The molecule has 2 aliphatic rings. The third-order valence-electron chi connectivity index (χ3n) is 5.28. The number of nitrogens with one attached hydrogen (secondary N) is 2. The van der Waals surface area contributed by atoms with Gasteiger partial charge in [-0.05, 0) is 44.2 Å². The summed E-state index contributed by atoms with van der Waals surface area (Å²) in [6.07, 6.45) is 10.1. The Morgan fingerprint density at radius 2 is 2.15 bits per heavy atom. The van der Waals surface area contributed by atoms with Crippen molar-refractivity contribution >= 4 is 35.8 Å². The summed E-state index contributed by atoms with van der Waals surface area (Å²) in [5.41, 5.74) is 1.20. The van der Waals surface area contributed by atoms with E-state index in [9.17, 15) is 4.79 Å². The number of nitrogens with zero attached hydrogens (tertiary/aromatic N) is 3. The van der Waals surface area contributed by atoms with Crippen molar-refractivity contribution in [2.75, 3.05) is 26.2 Å². The third-order valence-corrected chi connectivity index (χ3v) is 5.28. The van der Waals surface area contributed by atoms with E-state index in [0.717, 1.165) is 57.8 Å². The molecule has 0 aromatic carbocycles. The van der Waals surface area contributed by atoms with Gasteiger partial charge < -0.3 is 15.5 Å². The number of hydrogen-bond acceptors (Lipinski definition) is 3. The van der Waals surface area contributed by atoms with Crippen molar-refractivity contribution in [1.29, 1.82) is 0 Å². The van der Waals surface area contributed by atoms with Crippen molar-refractivity contribution < 1.29 is 4.79 Å². The number of pyridine rings is 1. The van der Waals surface area contributed by atoms with Crippen molar-refractivity contribution in [3.63, 3.8) is 0 Å². The Balaban J connectivity index is 0.00000261. The highest BCUT2D eigenvalue weighted by Crippen LogP contribution is 2.27. The summed E-state index contributed by atoms with van der Waals surface area (Å²) in [6.45, 7) is 5.28. The van der Waals surface area contributed by atoms with E-state index in [2.05, 4.69) is 33.6 Å². The normalized spacial score (nSPS) is 20.4. The molecule has 0 bridgehead atoms. The van der Waals surface area contributed by atoms with Gasteiger partial charge >= 0.3 is 0 Å². The van der Waals surface area contributed by atoms with Crippen LogP contribution < -0.4 is 10.6 Å². The number of aromatic nitrogens is 1. The maximum absolute atomic E-state index is 12.6. The average molecular weight is 485 g/mol. The van der Waals surface area contributed by atoms with Crippen molar-refractivity contribution in [3.05, 3.63) is 30.1 Å². The number of hydrogen-bond donors (Lipinski definition) is 2. The molecule has 2 N–H and O–H groups in total. The summed E-state index contributed by atoms with van der Waals surface area (Å²) in [4.78, 5) is 23.5. The second-order valence-electron chi connectivity index (χ2n) is 7.27. The molecular weight excluding hydrogens is 453 g/mol. The number of carbonyl (C=O) groups is 1. The predicted molar refractivity (Wildman–Crippen MR) is 119 cm³/mol. The molecule has 1 aromatic heterocycles. The minimum Gasteiger partial charge on any atom is -0.357 e. The molecular formula is C20H32IN5O. The maximum Gasteiger partial charge on any atom is 0.225 e. The van der Waals surface area contributed by atoms with Crippen molar-refractivity contribution in [2.45, 2.75) is 51.5 Å². The van der Waals surface area contributed by atoms with Crippen LogP contribution in [0, 0.1) is 5.92 Å². The van der Waals surface area contributed by atoms with E-state index in [-0.39, 0.29) is 35.9 Å². The fourth-order valence-electron chi connectivity index (χ4n) is 3.87. The highest BCUT2D eigenvalue weighted by Gasteiger charge is 2.32. The summed E-state index contributed by atoms with van der Waals surface area (Å²) in [5.74, 6) is 1.48. The first-order chi connectivity index (χ1) is 12.8. The van der Waals surface area contributed by atoms with Gasteiger partial charge in [0.1, 0.15) is 0 Å². The smallest absolute Gasteiger partial charge is 0.225 e. The fourth-order valence-corrected chi connectivity index (χ4v) is 3.87. The van der Waals surface area contributed by atoms with Gasteiger partial charge in [-0.2, -0.15) is 0 Å². The number of amides is 1. The van der Waals surface area contributed by atoms with Crippen LogP contribution in [-0.4, -0.2) is 54.0 Å². The quantitative estimate of drug-likeness (QED) is 0.369. The summed E-state index contributed by atoms with van der Waals surface area (Å²) in [6, 6.07) is 4.32. The lowest BCUT2D eigenvalue weighted by atomic mass is 10.1. The molecule has 6 nitrogen and oxygen atoms in total. The molecule has 150 valence electrons. The van der Waals surface area contributed by atoms with Crippen molar-refractivity contribution in [1.82, 2.24) is 20.5 Å². The number of guanidine groups is 1. The summed E-state index contributed by atoms with van der Waals surface area (Å²) >= 11 is 0. The summed E-state index contributed by atoms with van der Waals surface area (Å²) in [7, 11) is 0. The van der Waals surface area contributed by atoms with E-state index >= 15 is 0 Å². The largest absolute Gasteiger partial charge is 0.357 e. The van der Waals surface area contributed by atoms with E-state index in [1.54, 1.807) is 6.20 Å². The summed E-state index contributed by atoms with van der Waals surface area (Å²) in [5, 5.41) is 6.82. The van der Waals surface area contributed by atoms with E-state index in [1.165, 1.54) is 18.4 Å². The predicted octanol–water partition coefficient (Wildman–Crippen LogP) is 2.59. The molecule has 27 heavy (non-hydrogen) atoms. The molecule has 1 aliphatic heterocycles. The number of halogens is 1. The van der Waals surface area contributed by atoms with Crippen LogP contribution in [0.4, 0.5) is 0 Å². The molecule has 1 aromatic rings. The summed E-state index contributed by atoms with van der Waals surface area (Å²) < 4.78 is 0. The van der Waals surface area contributed by atoms with Crippen LogP contribution in [0.3, 0.4) is 0 Å². The molecule has 1 saturated carbocycles. The van der Waals surface area contributed by atoms with Crippen LogP contribution in [-0.2, 0) is 11.2 Å². The molecule has 0 radical (unpaired) electrons. The van der Waals surface area contributed by atoms with Crippen LogP contribution in [0.5, 0.6) is 0 Å². The molecule has 1 amide bonds. The van der Waals surface area contributed by atoms with Gasteiger partial charge in [-0.15, -0.1) is 24.0 Å². The molecule has 3 rings (SSSR count). The van der Waals surface area contributed by atoms with Crippen LogP contribution in [0.25, 0.3) is 0 Å². The zero-order chi connectivity index (χ0) is 18.2. The van der Waals surface area contributed by atoms with Crippen molar-refractivity contribution in [3.8, 4) is 0 Å². The Hall–Kier alpha value is -1.38. The molecule has 7 heteroatoms. The zero-order valence-electron chi connectivity index (χ0n) is 16.2. The second-order valence-corrected chi connectivity index (χ2v) is 7.27. The Morgan fingerprint density at radius 1 is 1.33 bits per heavy atom. The molecule has 2 heterocycles. The third kappa shape index (κ3) is 6.62. The first-order valence-corrected chi connectivity index (χ1v) is 9.98. The molecule has 1 aliphatic carbocycles. The Kier molecular flexibility index (Phi) is 9.30. The van der Waals surface area contributed by atoms with E-state index < -0.39 is 0 Å². The van der Waals surface area contributed by atoms with E-state index in [1.807, 2.05) is 17.2 Å². The van der Waals surface area contributed by atoms with Gasteiger partial charge in [0.15, 0.2) is 5.96 Å². The highest BCUT2D eigenvalue weighted by molar-refractivity contribution is 14.0. The van der Waals surface area contributed by atoms with Crippen LogP contribution in [0.2, 0.25) is 0 Å². The zero-order valence-corrected chi connectivity index (χ0v) is 18.5. The number of aliphatic imine (C=N–C) groups is 1. The highest BCUT2D eigenvalue weighted by atomic mass is 127. The van der Waals surface area contributed by atoms with Gasteiger partial charge in [-0.3, -0.25) is 14.8 Å². The van der Waals surface area contributed by atoms with Crippen LogP contribution >= 0.6 is 24.0 Å². The second kappa shape index (κ2) is 11.5. The maximum atomic E-state index is 12.6. The first-order valence-electron chi connectivity index (χ1n) is 9.98. The number of rotatable bonds is 6. The minimum absolute atomic E-state index is 0. The van der Waals surface area contributed by atoms with Crippen LogP contribution in [0.1, 0.15) is 44.6 Å². The average Bonchev–Trinajstić information content (AvgIpc) is 3.34. The SMILES string of the molecule is CCNC(=NCCc1cccnc1)NC1CCN(C(=O)C2CCCC2)C1.I. The Labute approximate surface area is 179 Å². The van der Waals surface area contributed by atoms with Gasteiger partial charge in [0.05, 0.1) is 0 Å². The van der Waals surface area contributed by atoms with Gasteiger partial charge in [-0.1, -0.05) is 18.9 Å². The lowest BCUT2D eigenvalue weighted by molar-refractivity contribution is -0.134. The molecule has 1 unspecified atom stereocenters. The van der Waals surface area contributed by atoms with Gasteiger partial charge in [0, 0.05) is 50.5 Å². The standard InChI is InChI=1S/C20H31N5O.HI/c1-2-22-20(23-12-9-16-6-5-11-21-14-16)24-18-10-13-25(15-18)19(26)17-7-3-4-8-17;/h5-6,11,14,17-18H,2-4,7-10,12-13,15H2,1H3,(H2,22,23,24);1H. The molecule has 1 saturated heterocycles. The van der Waals surface area contributed by atoms with E-state index in [0.29, 0.717) is 5.91 Å². The Bertz CT molecular complexity index is 604. The topological polar surface area (TPSA) is 69.6 Å². The van der Waals surface area contributed by atoms with Crippen LogP contribution in [0.15, 0.2) is 29.5 Å². The van der Waals surface area contributed by atoms with Gasteiger partial charge in [0.2, 0.25) is 5.91 Å². The minimum atomic E-state index is 0. The number of carbonyl (C=O) groups excluding carboxylic acids is 1. The van der Waals surface area contributed by atoms with Crippen molar-refractivity contribution in [2.24, 2.45) is 10.9 Å². The fraction of sp³-hybridized carbons (Fsp3) is 0.650. The number of likely N-dealkylation sites (tertiary alicyclic amines) is 1. The monoisotopic (exact) mass is 485 g/mol. The molecule has 2 fully saturated rings. The van der Waals surface area contributed by atoms with E-state index in [4.69, 9.17) is 0 Å². The lowest BCUT2D eigenvalue weighted by Gasteiger charge is -2.21. The first kappa shape index (κ1) is 21.9. The molecule has 1 atom stereocenters. The lowest BCUT2D eigenvalue weighted by Crippen LogP contribution is -2.45. The molecule has 0 spiro atoms. The van der Waals surface area contributed by atoms with Gasteiger partial charge in [-0.25, -0.2) is 0 Å². The Morgan fingerprint density at radius 3 is 2.85 bits per heavy atom.